The zero-order valence-corrected chi connectivity index (χ0v) is 17.1. The van der Waals surface area contributed by atoms with E-state index in [0.717, 1.165) is 19.6 Å². The number of Topliss-reactive ketones (excluding diaryl/α,β-unsaturated/α-hetero) is 1. The number of rotatable bonds is 8. The molecule has 7 heteroatoms. The van der Waals surface area contributed by atoms with E-state index in [2.05, 4.69) is 17.0 Å². The molecule has 0 bridgehead atoms. The van der Waals surface area contributed by atoms with Crippen LogP contribution in [0.15, 0.2) is 54.6 Å². The van der Waals surface area contributed by atoms with Gasteiger partial charge in [-0.2, -0.15) is 0 Å². The number of nitrogens with zero attached hydrogens (tertiary/aromatic N) is 2. The Bertz CT molecular complexity index is 859. The summed E-state index contributed by atoms with van der Waals surface area (Å²) in [4.78, 5) is 39.4. The molecule has 7 nitrogen and oxygen atoms in total. The molecule has 0 spiro atoms. The van der Waals surface area contributed by atoms with Crippen LogP contribution in [0.2, 0.25) is 0 Å². The van der Waals surface area contributed by atoms with Gasteiger partial charge in [0.2, 0.25) is 0 Å². The third-order valence-corrected chi connectivity index (χ3v) is 4.95. The van der Waals surface area contributed by atoms with E-state index in [1.54, 1.807) is 29.2 Å². The van der Waals surface area contributed by atoms with E-state index in [-0.39, 0.29) is 24.9 Å². The number of amides is 1. The molecule has 0 radical (unpaired) electrons. The lowest BCUT2D eigenvalue weighted by molar-refractivity contribution is -0.154. The SMILES string of the molecule is CC(=O)c1ccc(OCC(=O)OCC(=O)N2CCN(Cc3ccccc3)CC2)cc1. The van der Waals surface area contributed by atoms with Crippen LogP contribution in [0, 0.1) is 0 Å². The lowest BCUT2D eigenvalue weighted by Crippen LogP contribution is -2.49. The first-order chi connectivity index (χ1) is 14.5. The molecule has 3 rings (SSSR count). The van der Waals surface area contributed by atoms with Gasteiger partial charge in [-0.05, 0) is 36.8 Å². The standard InChI is InChI=1S/C23H26N2O5/c1-18(26)20-7-9-21(10-8-20)29-17-23(28)30-16-22(27)25-13-11-24(12-14-25)15-19-5-3-2-4-6-19/h2-10H,11-17H2,1H3. The summed E-state index contributed by atoms with van der Waals surface area (Å²) >= 11 is 0. The maximum absolute atomic E-state index is 12.3. The average Bonchev–Trinajstić information content (AvgIpc) is 2.77. The highest BCUT2D eigenvalue weighted by molar-refractivity contribution is 5.94. The highest BCUT2D eigenvalue weighted by atomic mass is 16.6. The van der Waals surface area contributed by atoms with E-state index in [1.807, 2.05) is 18.2 Å². The van der Waals surface area contributed by atoms with Crippen LogP contribution in [-0.2, 0) is 20.9 Å². The van der Waals surface area contributed by atoms with E-state index in [1.165, 1.54) is 12.5 Å². The quantitative estimate of drug-likeness (QED) is 0.490. The summed E-state index contributed by atoms with van der Waals surface area (Å²) in [6, 6.07) is 16.7. The van der Waals surface area contributed by atoms with Gasteiger partial charge in [0.1, 0.15) is 5.75 Å². The molecule has 0 saturated carbocycles. The molecule has 0 unspecified atom stereocenters. The van der Waals surface area contributed by atoms with Crippen LogP contribution in [0.3, 0.4) is 0 Å². The third-order valence-electron chi connectivity index (χ3n) is 4.95. The molecule has 0 aliphatic carbocycles. The average molecular weight is 410 g/mol. The summed E-state index contributed by atoms with van der Waals surface area (Å²) in [6.45, 7) is 4.56. The van der Waals surface area contributed by atoms with Gasteiger partial charge in [-0.25, -0.2) is 4.79 Å². The summed E-state index contributed by atoms with van der Waals surface area (Å²) in [6.07, 6.45) is 0. The minimum absolute atomic E-state index is 0.0413. The van der Waals surface area contributed by atoms with Crippen molar-refractivity contribution in [3.63, 3.8) is 0 Å². The summed E-state index contributed by atoms with van der Waals surface area (Å²) < 4.78 is 10.4. The van der Waals surface area contributed by atoms with Gasteiger partial charge in [-0.3, -0.25) is 14.5 Å². The van der Waals surface area contributed by atoms with Gasteiger partial charge in [0.15, 0.2) is 19.0 Å². The molecule has 1 saturated heterocycles. The number of piperazine rings is 1. The van der Waals surface area contributed by atoms with E-state index >= 15 is 0 Å². The minimum atomic E-state index is -0.610. The number of carbonyl (C=O) groups is 3. The minimum Gasteiger partial charge on any atom is -0.482 e. The normalized spacial score (nSPS) is 14.2. The second-order valence-electron chi connectivity index (χ2n) is 7.17. The lowest BCUT2D eigenvalue weighted by Gasteiger charge is -2.34. The number of ketones is 1. The van der Waals surface area contributed by atoms with Crippen LogP contribution >= 0.6 is 0 Å². The van der Waals surface area contributed by atoms with Crippen molar-refractivity contribution in [3.8, 4) is 5.75 Å². The molecule has 1 aliphatic heterocycles. The highest BCUT2D eigenvalue weighted by Crippen LogP contribution is 2.13. The van der Waals surface area contributed by atoms with Crippen LogP contribution in [-0.4, -0.2) is 66.9 Å². The second kappa shape index (κ2) is 10.5. The zero-order valence-electron chi connectivity index (χ0n) is 17.1. The molecule has 30 heavy (non-hydrogen) atoms. The maximum Gasteiger partial charge on any atom is 0.344 e. The molecular weight excluding hydrogens is 384 g/mol. The second-order valence-corrected chi connectivity index (χ2v) is 7.17. The number of hydrogen-bond acceptors (Lipinski definition) is 6. The number of hydrogen-bond donors (Lipinski definition) is 0. The van der Waals surface area contributed by atoms with E-state index in [9.17, 15) is 14.4 Å². The molecule has 1 heterocycles. The molecule has 2 aromatic carbocycles. The van der Waals surface area contributed by atoms with Gasteiger partial charge in [0.25, 0.3) is 5.91 Å². The van der Waals surface area contributed by atoms with Crippen molar-refractivity contribution in [1.82, 2.24) is 9.80 Å². The van der Waals surface area contributed by atoms with Gasteiger partial charge in [0, 0.05) is 38.3 Å². The number of ether oxygens (including phenoxy) is 2. The maximum atomic E-state index is 12.3. The molecular formula is C23H26N2O5. The Balaban J connectivity index is 1.34. The van der Waals surface area contributed by atoms with Gasteiger partial charge in [-0.15, -0.1) is 0 Å². The van der Waals surface area contributed by atoms with Gasteiger partial charge < -0.3 is 14.4 Å². The van der Waals surface area contributed by atoms with E-state index < -0.39 is 5.97 Å². The van der Waals surface area contributed by atoms with Crippen molar-refractivity contribution in [2.24, 2.45) is 0 Å². The number of carbonyl (C=O) groups excluding carboxylic acids is 3. The molecule has 158 valence electrons. The summed E-state index contributed by atoms with van der Waals surface area (Å²) in [5, 5.41) is 0. The molecule has 1 amide bonds. The Hall–Kier alpha value is -3.19. The van der Waals surface area contributed by atoms with Crippen LogP contribution < -0.4 is 4.74 Å². The Labute approximate surface area is 176 Å². The van der Waals surface area contributed by atoms with E-state index in [4.69, 9.17) is 9.47 Å². The van der Waals surface area contributed by atoms with Crippen molar-refractivity contribution in [1.29, 1.82) is 0 Å². The van der Waals surface area contributed by atoms with Crippen LogP contribution in [0.5, 0.6) is 5.75 Å². The molecule has 0 aromatic heterocycles. The lowest BCUT2D eigenvalue weighted by atomic mass is 10.1. The first-order valence-corrected chi connectivity index (χ1v) is 9.95. The monoisotopic (exact) mass is 410 g/mol. The Morgan fingerprint density at radius 3 is 2.17 bits per heavy atom. The molecule has 1 aliphatic rings. The van der Waals surface area contributed by atoms with Crippen molar-refractivity contribution >= 4 is 17.7 Å². The van der Waals surface area contributed by atoms with Crippen molar-refractivity contribution in [2.75, 3.05) is 39.4 Å². The van der Waals surface area contributed by atoms with Crippen molar-refractivity contribution in [3.05, 3.63) is 65.7 Å². The fourth-order valence-corrected chi connectivity index (χ4v) is 3.20. The highest BCUT2D eigenvalue weighted by Gasteiger charge is 2.22. The third kappa shape index (κ3) is 6.42. The van der Waals surface area contributed by atoms with Crippen LogP contribution in [0.4, 0.5) is 0 Å². The smallest absolute Gasteiger partial charge is 0.344 e. The fourth-order valence-electron chi connectivity index (χ4n) is 3.20. The molecule has 0 N–H and O–H groups in total. The first kappa shape index (κ1) is 21.5. The summed E-state index contributed by atoms with van der Waals surface area (Å²) in [5.41, 5.74) is 1.82. The Morgan fingerprint density at radius 1 is 0.867 bits per heavy atom. The molecule has 1 fully saturated rings. The van der Waals surface area contributed by atoms with Gasteiger partial charge >= 0.3 is 5.97 Å². The van der Waals surface area contributed by atoms with Crippen LogP contribution in [0.1, 0.15) is 22.8 Å². The predicted octanol–water partition coefficient (Wildman–Crippen LogP) is 2.16. The topological polar surface area (TPSA) is 76.2 Å². The molecule has 0 atom stereocenters. The van der Waals surface area contributed by atoms with E-state index in [0.29, 0.717) is 24.4 Å². The largest absolute Gasteiger partial charge is 0.482 e. The zero-order chi connectivity index (χ0) is 21.3. The number of benzene rings is 2. The molecule has 2 aromatic rings. The van der Waals surface area contributed by atoms with Gasteiger partial charge in [0.05, 0.1) is 0 Å². The first-order valence-electron chi connectivity index (χ1n) is 9.95. The van der Waals surface area contributed by atoms with Gasteiger partial charge in [-0.1, -0.05) is 30.3 Å². The summed E-state index contributed by atoms with van der Waals surface area (Å²) in [5.74, 6) is -0.395. The Kier molecular flexibility index (Phi) is 7.57. The fraction of sp³-hybridized carbons (Fsp3) is 0.348. The van der Waals surface area contributed by atoms with Crippen LogP contribution in [0.25, 0.3) is 0 Å². The Morgan fingerprint density at radius 2 is 1.53 bits per heavy atom. The van der Waals surface area contributed by atoms with Crippen molar-refractivity contribution < 1.29 is 23.9 Å². The summed E-state index contributed by atoms with van der Waals surface area (Å²) in [7, 11) is 0. The predicted molar refractivity (Wildman–Crippen MR) is 111 cm³/mol. The number of esters is 1. The van der Waals surface area contributed by atoms with Crippen molar-refractivity contribution in [2.45, 2.75) is 13.5 Å².